The summed E-state index contributed by atoms with van der Waals surface area (Å²) in [6.07, 6.45) is 4.13. The number of aromatic hydroxyl groups is 1. The van der Waals surface area contributed by atoms with Crippen LogP contribution in [-0.4, -0.2) is 16.9 Å². The Balaban J connectivity index is 1.65. The van der Waals surface area contributed by atoms with Gasteiger partial charge in [0.2, 0.25) is 11.8 Å². The number of hydrogen-bond acceptors (Lipinski definition) is 3. The second-order valence-corrected chi connectivity index (χ2v) is 7.81. The summed E-state index contributed by atoms with van der Waals surface area (Å²) in [7, 11) is 0. The molecule has 1 N–H and O–H groups in total. The third-order valence-corrected chi connectivity index (χ3v) is 6.19. The highest BCUT2D eigenvalue weighted by Crippen LogP contribution is 2.50. The Morgan fingerprint density at radius 1 is 0.600 bits per heavy atom. The van der Waals surface area contributed by atoms with Crippen molar-refractivity contribution in [1.82, 2.24) is 0 Å². The van der Waals surface area contributed by atoms with Crippen molar-refractivity contribution in [3.05, 3.63) is 108 Å². The topological polar surface area (TPSA) is 57.6 Å². The van der Waals surface area contributed by atoms with E-state index in [1.807, 2.05) is 60.7 Å². The highest BCUT2D eigenvalue weighted by molar-refractivity contribution is 6.23. The zero-order chi connectivity index (χ0) is 20.7. The number of para-hydroxylation sites is 2. The monoisotopic (exact) mass is 395 g/mol. The maximum atomic E-state index is 13.6. The van der Waals surface area contributed by atoms with Crippen molar-refractivity contribution < 1.29 is 14.7 Å². The number of phenols is 1. The molecule has 3 aromatic rings. The Morgan fingerprint density at radius 2 is 1.03 bits per heavy atom. The average molecular weight is 395 g/mol. The molecular formula is C26H21NO3. The van der Waals surface area contributed by atoms with Crippen LogP contribution < -0.4 is 4.90 Å². The predicted octanol–water partition coefficient (Wildman–Crippen LogP) is 4.64. The molecule has 0 radical (unpaired) electrons. The highest BCUT2D eigenvalue weighted by atomic mass is 16.3. The molecule has 0 spiro atoms. The SMILES string of the molecule is O=C1C2C(c3ccccc3)C=CC(c3ccccc3)C2C(=O)N1c1ccccc1O. The second kappa shape index (κ2) is 7.30. The summed E-state index contributed by atoms with van der Waals surface area (Å²) in [6, 6.07) is 26.2. The van der Waals surface area contributed by atoms with E-state index >= 15 is 0 Å². The first-order valence-electron chi connectivity index (χ1n) is 10.1. The zero-order valence-corrected chi connectivity index (χ0v) is 16.3. The van der Waals surface area contributed by atoms with E-state index in [1.54, 1.807) is 18.2 Å². The minimum Gasteiger partial charge on any atom is -0.506 e. The third-order valence-electron chi connectivity index (χ3n) is 6.19. The maximum Gasteiger partial charge on any atom is 0.238 e. The summed E-state index contributed by atoms with van der Waals surface area (Å²) in [5, 5.41) is 10.3. The lowest BCUT2D eigenvalue weighted by Gasteiger charge is -2.32. The number of phenolic OH excluding ortho intramolecular Hbond substituents is 1. The van der Waals surface area contributed by atoms with E-state index in [0.29, 0.717) is 0 Å². The van der Waals surface area contributed by atoms with Crippen molar-refractivity contribution in [1.29, 1.82) is 0 Å². The highest BCUT2D eigenvalue weighted by Gasteiger charge is 2.55. The predicted molar refractivity (Wildman–Crippen MR) is 115 cm³/mol. The lowest BCUT2D eigenvalue weighted by molar-refractivity contribution is -0.122. The van der Waals surface area contributed by atoms with Gasteiger partial charge in [-0.25, -0.2) is 4.90 Å². The van der Waals surface area contributed by atoms with Crippen LogP contribution in [0.2, 0.25) is 0 Å². The molecule has 5 rings (SSSR count). The fourth-order valence-electron chi connectivity index (χ4n) is 4.82. The summed E-state index contributed by atoms with van der Waals surface area (Å²) in [5.41, 5.74) is 2.27. The van der Waals surface area contributed by atoms with Gasteiger partial charge in [-0.3, -0.25) is 9.59 Å². The molecule has 1 aliphatic carbocycles. The minimum atomic E-state index is -0.519. The number of nitrogens with zero attached hydrogens (tertiary/aromatic N) is 1. The van der Waals surface area contributed by atoms with Crippen LogP contribution in [0.25, 0.3) is 0 Å². The quantitative estimate of drug-likeness (QED) is 0.519. The molecule has 148 valence electrons. The Labute approximate surface area is 175 Å². The van der Waals surface area contributed by atoms with Gasteiger partial charge < -0.3 is 5.11 Å². The molecule has 4 atom stereocenters. The molecule has 0 saturated carbocycles. The van der Waals surface area contributed by atoms with Gasteiger partial charge in [0.25, 0.3) is 0 Å². The van der Waals surface area contributed by atoms with Crippen LogP contribution in [0.4, 0.5) is 5.69 Å². The van der Waals surface area contributed by atoms with Crippen molar-refractivity contribution in [2.45, 2.75) is 11.8 Å². The van der Waals surface area contributed by atoms with Gasteiger partial charge in [-0.2, -0.15) is 0 Å². The Hall–Kier alpha value is -3.66. The largest absolute Gasteiger partial charge is 0.506 e. The first-order chi connectivity index (χ1) is 14.7. The van der Waals surface area contributed by atoms with E-state index in [0.717, 1.165) is 11.1 Å². The Morgan fingerprint density at radius 3 is 1.50 bits per heavy atom. The summed E-state index contributed by atoms with van der Waals surface area (Å²) >= 11 is 0. The number of allylic oxidation sites excluding steroid dienone is 2. The lowest BCUT2D eigenvalue weighted by atomic mass is 9.68. The van der Waals surface area contributed by atoms with Crippen LogP contribution >= 0.6 is 0 Å². The first-order valence-corrected chi connectivity index (χ1v) is 10.1. The molecule has 4 heteroatoms. The van der Waals surface area contributed by atoms with Gasteiger partial charge in [0, 0.05) is 11.8 Å². The van der Waals surface area contributed by atoms with Crippen LogP contribution in [-0.2, 0) is 9.59 Å². The normalized spacial score (nSPS) is 25.4. The molecule has 2 aliphatic rings. The van der Waals surface area contributed by atoms with E-state index < -0.39 is 11.8 Å². The van der Waals surface area contributed by atoms with Gasteiger partial charge in [-0.1, -0.05) is 84.9 Å². The van der Waals surface area contributed by atoms with Crippen molar-refractivity contribution in [3.8, 4) is 5.75 Å². The van der Waals surface area contributed by atoms with Crippen LogP contribution in [0.1, 0.15) is 23.0 Å². The summed E-state index contributed by atoms with van der Waals surface area (Å²) in [6.45, 7) is 0. The van der Waals surface area contributed by atoms with Crippen LogP contribution in [0.3, 0.4) is 0 Å². The number of rotatable bonds is 3. The number of anilines is 1. The van der Waals surface area contributed by atoms with Crippen molar-refractivity contribution in [2.75, 3.05) is 4.90 Å². The molecule has 0 bridgehead atoms. The zero-order valence-electron chi connectivity index (χ0n) is 16.3. The number of carbonyl (C=O) groups is 2. The summed E-state index contributed by atoms with van der Waals surface area (Å²) < 4.78 is 0. The van der Waals surface area contributed by atoms with Gasteiger partial charge in [0.1, 0.15) is 5.75 Å². The van der Waals surface area contributed by atoms with E-state index in [-0.39, 0.29) is 35.1 Å². The minimum absolute atomic E-state index is 0.0710. The smallest absolute Gasteiger partial charge is 0.238 e. The van der Waals surface area contributed by atoms with Gasteiger partial charge in [0.05, 0.1) is 17.5 Å². The number of fused-ring (bicyclic) bond motifs is 1. The standard InChI is InChI=1S/C26H21NO3/c28-22-14-8-7-13-21(22)27-25(29)23-19(17-9-3-1-4-10-17)15-16-20(24(23)26(27)30)18-11-5-2-6-12-18/h1-16,19-20,23-24,28H. The van der Waals surface area contributed by atoms with Gasteiger partial charge in [0.15, 0.2) is 0 Å². The molecule has 1 aliphatic heterocycles. The number of carbonyl (C=O) groups excluding carboxylic acids is 2. The Bertz CT molecular complexity index is 1060. The molecule has 1 saturated heterocycles. The lowest BCUT2D eigenvalue weighted by Crippen LogP contribution is -2.31. The van der Waals surface area contributed by atoms with Crippen LogP contribution in [0, 0.1) is 11.8 Å². The Kier molecular flexibility index (Phi) is 4.47. The van der Waals surface area contributed by atoms with E-state index in [9.17, 15) is 14.7 Å². The second-order valence-electron chi connectivity index (χ2n) is 7.81. The average Bonchev–Trinajstić information content (AvgIpc) is 3.06. The number of hydrogen-bond donors (Lipinski definition) is 1. The molecule has 1 heterocycles. The molecule has 4 unspecified atom stereocenters. The van der Waals surface area contributed by atoms with E-state index in [2.05, 4.69) is 12.2 Å². The van der Waals surface area contributed by atoms with Crippen molar-refractivity contribution >= 4 is 17.5 Å². The molecule has 0 aromatic heterocycles. The molecule has 30 heavy (non-hydrogen) atoms. The fraction of sp³-hybridized carbons (Fsp3) is 0.154. The van der Waals surface area contributed by atoms with Gasteiger partial charge in [-0.05, 0) is 23.3 Å². The van der Waals surface area contributed by atoms with E-state index in [4.69, 9.17) is 0 Å². The molecule has 3 aromatic carbocycles. The maximum absolute atomic E-state index is 13.6. The molecule has 2 amide bonds. The first kappa shape index (κ1) is 18.4. The molecular weight excluding hydrogens is 374 g/mol. The van der Waals surface area contributed by atoms with E-state index in [1.165, 1.54) is 11.0 Å². The van der Waals surface area contributed by atoms with Crippen LogP contribution in [0.15, 0.2) is 97.1 Å². The van der Waals surface area contributed by atoms with Gasteiger partial charge >= 0.3 is 0 Å². The van der Waals surface area contributed by atoms with Crippen LogP contribution in [0.5, 0.6) is 5.75 Å². The molecule has 1 fully saturated rings. The number of imide groups is 1. The fourth-order valence-corrected chi connectivity index (χ4v) is 4.82. The molecule has 4 nitrogen and oxygen atoms in total. The van der Waals surface area contributed by atoms with Gasteiger partial charge in [-0.15, -0.1) is 0 Å². The number of amides is 2. The van der Waals surface area contributed by atoms with Crippen molar-refractivity contribution in [2.24, 2.45) is 11.8 Å². The number of benzene rings is 3. The van der Waals surface area contributed by atoms with Crippen molar-refractivity contribution in [3.63, 3.8) is 0 Å². The third kappa shape index (κ3) is 2.84. The summed E-state index contributed by atoms with van der Waals surface area (Å²) in [4.78, 5) is 28.4. The summed E-state index contributed by atoms with van der Waals surface area (Å²) in [5.74, 6) is -2.01.